The first-order valence-electron chi connectivity index (χ1n) is 5.73. The SMILES string of the molecule is CC(C)c1ccc(N)c2c1CCCN2C. The molecule has 2 rings (SSSR count). The largest absolute Gasteiger partial charge is 0.397 e. The van der Waals surface area contributed by atoms with E-state index in [1.54, 1.807) is 0 Å². The Morgan fingerprint density at radius 2 is 2.07 bits per heavy atom. The van der Waals surface area contributed by atoms with Gasteiger partial charge in [-0.15, -0.1) is 0 Å². The molecule has 1 aromatic rings. The van der Waals surface area contributed by atoms with Crippen molar-refractivity contribution in [1.29, 1.82) is 0 Å². The molecule has 82 valence electrons. The number of hydrogen-bond acceptors (Lipinski definition) is 2. The third-order valence-corrected chi connectivity index (χ3v) is 3.27. The van der Waals surface area contributed by atoms with E-state index in [2.05, 4.69) is 37.9 Å². The molecule has 0 fully saturated rings. The number of anilines is 2. The molecule has 1 aliphatic rings. The van der Waals surface area contributed by atoms with Crippen molar-refractivity contribution >= 4 is 11.4 Å². The lowest BCUT2D eigenvalue weighted by Crippen LogP contribution is -2.26. The van der Waals surface area contributed by atoms with Gasteiger partial charge in [-0.25, -0.2) is 0 Å². The summed E-state index contributed by atoms with van der Waals surface area (Å²) in [4.78, 5) is 2.29. The van der Waals surface area contributed by atoms with E-state index in [9.17, 15) is 0 Å². The molecule has 0 radical (unpaired) electrons. The molecule has 0 aromatic heterocycles. The number of rotatable bonds is 1. The number of benzene rings is 1. The Morgan fingerprint density at radius 3 is 2.73 bits per heavy atom. The van der Waals surface area contributed by atoms with Gasteiger partial charge in [-0.3, -0.25) is 0 Å². The van der Waals surface area contributed by atoms with Crippen LogP contribution in [0.5, 0.6) is 0 Å². The van der Waals surface area contributed by atoms with Crippen molar-refractivity contribution < 1.29 is 0 Å². The standard InChI is InChI=1S/C13H20N2/c1-9(2)10-6-7-12(14)13-11(10)5-4-8-15(13)3/h6-7,9H,4-5,8,14H2,1-3H3. The maximum Gasteiger partial charge on any atom is 0.0632 e. The molecule has 0 atom stereocenters. The molecular formula is C13H20N2. The molecule has 0 saturated heterocycles. The molecule has 1 aromatic carbocycles. The van der Waals surface area contributed by atoms with Crippen molar-refractivity contribution in [3.05, 3.63) is 23.3 Å². The van der Waals surface area contributed by atoms with Gasteiger partial charge in [-0.2, -0.15) is 0 Å². The van der Waals surface area contributed by atoms with Crippen LogP contribution in [-0.4, -0.2) is 13.6 Å². The minimum atomic E-state index is 0.589. The maximum atomic E-state index is 6.06. The van der Waals surface area contributed by atoms with Crippen LogP contribution in [0.25, 0.3) is 0 Å². The summed E-state index contributed by atoms with van der Waals surface area (Å²) in [6, 6.07) is 4.24. The Bertz CT molecular complexity index is 369. The second-order valence-corrected chi connectivity index (χ2v) is 4.75. The Labute approximate surface area is 92.1 Å². The zero-order chi connectivity index (χ0) is 11.0. The van der Waals surface area contributed by atoms with Crippen molar-refractivity contribution in [2.75, 3.05) is 24.2 Å². The van der Waals surface area contributed by atoms with E-state index in [0.29, 0.717) is 5.92 Å². The summed E-state index contributed by atoms with van der Waals surface area (Å²) < 4.78 is 0. The second kappa shape index (κ2) is 3.76. The normalized spacial score (nSPS) is 15.6. The van der Waals surface area contributed by atoms with Gasteiger partial charge >= 0.3 is 0 Å². The highest BCUT2D eigenvalue weighted by Gasteiger charge is 2.20. The predicted octanol–water partition coefficient (Wildman–Crippen LogP) is 2.77. The Morgan fingerprint density at radius 1 is 1.33 bits per heavy atom. The lowest BCUT2D eigenvalue weighted by Gasteiger charge is -2.31. The van der Waals surface area contributed by atoms with Gasteiger partial charge in [0.05, 0.1) is 11.4 Å². The van der Waals surface area contributed by atoms with Gasteiger partial charge < -0.3 is 10.6 Å². The van der Waals surface area contributed by atoms with Crippen molar-refractivity contribution in [3.8, 4) is 0 Å². The van der Waals surface area contributed by atoms with Gasteiger partial charge in [0.25, 0.3) is 0 Å². The third kappa shape index (κ3) is 1.69. The highest BCUT2D eigenvalue weighted by atomic mass is 15.1. The molecule has 15 heavy (non-hydrogen) atoms. The van der Waals surface area contributed by atoms with E-state index in [1.807, 2.05) is 0 Å². The Hall–Kier alpha value is -1.18. The summed E-state index contributed by atoms with van der Waals surface area (Å²) >= 11 is 0. The average Bonchev–Trinajstić information content (AvgIpc) is 2.17. The van der Waals surface area contributed by atoms with Crippen molar-refractivity contribution in [1.82, 2.24) is 0 Å². The predicted molar refractivity (Wildman–Crippen MR) is 66.5 cm³/mol. The van der Waals surface area contributed by atoms with Gasteiger partial charge in [-0.05, 0) is 36.0 Å². The minimum Gasteiger partial charge on any atom is -0.397 e. The van der Waals surface area contributed by atoms with Crippen LogP contribution in [0, 0.1) is 0 Å². The van der Waals surface area contributed by atoms with Crippen LogP contribution in [0.1, 0.15) is 37.3 Å². The zero-order valence-electron chi connectivity index (χ0n) is 9.88. The molecule has 1 heterocycles. The zero-order valence-corrected chi connectivity index (χ0v) is 9.88. The Balaban J connectivity index is 2.58. The number of nitrogens with zero attached hydrogens (tertiary/aromatic N) is 1. The van der Waals surface area contributed by atoms with E-state index in [4.69, 9.17) is 5.73 Å². The van der Waals surface area contributed by atoms with Crippen LogP contribution in [0.3, 0.4) is 0 Å². The van der Waals surface area contributed by atoms with Crippen LogP contribution in [-0.2, 0) is 6.42 Å². The molecule has 2 heteroatoms. The first-order valence-corrected chi connectivity index (χ1v) is 5.73. The summed E-state index contributed by atoms with van der Waals surface area (Å²) in [6.07, 6.45) is 2.42. The van der Waals surface area contributed by atoms with Crippen molar-refractivity contribution in [2.45, 2.75) is 32.6 Å². The highest BCUT2D eigenvalue weighted by Crippen LogP contribution is 2.36. The molecule has 2 N–H and O–H groups in total. The van der Waals surface area contributed by atoms with Gasteiger partial charge in [0.15, 0.2) is 0 Å². The fourth-order valence-corrected chi connectivity index (χ4v) is 2.53. The van der Waals surface area contributed by atoms with Gasteiger partial charge in [-0.1, -0.05) is 19.9 Å². The second-order valence-electron chi connectivity index (χ2n) is 4.75. The summed E-state index contributed by atoms with van der Waals surface area (Å²) in [6.45, 7) is 5.62. The number of nitrogens with two attached hydrogens (primary N) is 1. The van der Waals surface area contributed by atoms with Crippen molar-refractivity contribution in [3.63, 3.8) is 0 Å². The summed E-state index contributed by atoms with van der Waals surface area (Å²) in [5.74, 6) is 0.589. The Kier molecular flexibility index (Phi) is 2.59. The maximum absolute atomic E-state index is 6.06. The minimum absolute atomic E-state index is 0.589. The first kappa shape index (κ1) is 10.3. The van der Waals surface area contributed by atoms with Crippen LogP contribution in [0.4, 0.5) is 11.4 Å². The molecule has 0 aliphatic carbocycles. The van der Waals surface area contributed by atoms with Gasteiger partial charge in [0.2, 0.25) is 0 Å². The molecule has 0 amide bonds. The lowest BCUT2D eigenvalue weighted by molar-refractivity contribution is 0.724. The van der Waals surface area contributed by atoms with E-state index < -0.39 is 0 Å². The number of fused-ring (bicyclic) bond motifs is 1. The quantitative estimate of drug-likeness (QED) is 0.713. The molecule has 0 spiro atoms. The van der Waals surface area contributed by atoms with Crippen LogP contribution >= 0.6 is 0 Å². The monoisotopic (exact) mass is 204 g/mol. The fourth-order valence-electron chi connectivity index (χ4n) is 2.53. The first-order chi connectivity index (χ1) is 7.11. The van der Waals surface area contributed by atoms with E-state index in [0.717, 1.165) is 12.2 Å². The van der Waals surface area contributed by atoms with E-state index in [-0.39, 0.29) is 0 Å². The van der Waals surface area contributed by atoms with Crippen LogP contribution in [0.2, 0.25) is 0 Å². The molecule has 0 unspecified atom stereocenters. The average molecular weight is 204 g/mol. The van der Waals surface area contributed by atoms with Gasteiger partial charge in [0, 0.05) is 13.6 Å². The molecular weight excluding hydrogens is 184 g/mol. The lowest BCUT2D eigenvalue weighted by atomic mass is 9.90. The third-order valence-electron chi connectivity index (χ3n) is 3.27. The summed E-state index contributed by atoms with van der Waals surface area (Å²) in [7, 11) is 2.14. The topological polar surface area (TPSA) is 29.3 Å². The molecule has 2 nitrogen and oxygen atoms in total. The number of hydrogen-bond donors (Lipinski definition) is 1. The summed E-state index contributed by atoms with van der Waals surface area (Å²) in [5.41, 5.74) is 11.2. The highest BCUT2D eigenvalue weighted by molar-refractivity contribution is 5.74. The molecule has 0 saturated carbocycles. The van der Waals surface area contributed by atoms with E-state index >= 15 is 0 Å². The summed E-state index contributed by atoms with van der Waals surface area (Å²) in [5, 5.41) is 0. The smallest absolute Gasteiger partial charge is 0.0632 e. The number of nitrogen functional groups attached to an aromatic ring is 1. The van der Waals surface area contributed by atoms with Crippen LogP contribution < -0.4 is 10.6 Å². The van der Waals surface area contributed by atoms with Gasteiger partial charge in [0.1, 0.15) is 0 Å². The van der Waals surface area contributed by atoms with Crippen LogP contribution in [0.15, 0.2) is 12.1 Å². The van der Waals surface area contributed by atoms with Crippen molar-refractivity contribution in [2.24, 2.45) is 0 Å². The fraction of sp³-hybridized carbons (Fsp3) is 0.538. The van der Waals surface area contributed by atoms with E-state index in [1.165, 1.54) is 29.7 Å². The molecule has 0 bridgehead atoms. The molecule has 1 aliphatic heterocycles.